The number of ether oxygens (including phenoxy) is 1. The van der Waals surface area contributed by atoms with Gasteiger partial charge in [0.05, 0.1) is 12.3 Å². The van der Waals surface area contributed by atoms with E-state index in [4.69, 9.17) is 10.5 Å². The average Bonchev–Trinajstić information content (AvgIpc) is 2.98. The summed E-state index contributed by atoms with van der Waals surface area (Å²) in [6.07, 6.45) is 0. The summed E-state index contributed by atoms with van der Waals surface area (Å²) >= 11 is 1.01. The van der Waals surface area contributed by atoms with Crippen molar-refractivity contribution in [1.82, 2.24) is 0 Å². The number of carbonyl (C=O) groups excluding carboxylic acids is 1. The SMILES string of the molecule is CCOc1ccc(N(C)S(=O)(=O)c2ccsc2C(N)=O)cc1. The Bertz CT molecular complexity index is 766. The second-order valence-corrected chi connectivity index (χ2v) is 7.23. The van der Waals surface area contributed by atoms with Gasteiger partial charge in [0, 0.05) is 7.05 Å². The molecule has 1 amide bonds. The smallest absolute Gasteiger partial charge is 0.265 e. The number of amides is 1. The summed E-state index contributed by atoms with van der Waals surface area (Å²) < 4.78 is 31.7. The molecule has 2 rings (SSSR count). The summed E-state index contributed by atoms with van der Waals surface area (Å²) in [6, 6.07) is 8.03. The summed E-state index contributed by atoms with van der Waals surface area (Å²) in [5.41, 5.74) is 5.68. The summed E-state index contributed by atoms with van der Waals surface area (Å²) in [6.45, 7) is 2.40. The van der Waals surface area contributed by atoms with E-state index in [1.165, 1.54) is 18.5 Å². The van der Waals surface area contributed by atoms with Gasteiger partial charge in [-0.25, -0.2) is 8.42 Å². The van der Waals surface area contributed by atoms with Crippen molar-refractivity contribution in [2.75, 3.05) is 18.0 Å². The number of anilines is 1. The Kier molecular flexibility index (Phi) is 4.72. The van der Waals surface area contributed by atoms with Crippen LogP contribution in [0.5, 0.6) is 5.75 Å². The van der Waals surface area contributed by atoms with Gasteiger partial charge in [0.25, 0.3) is 15.9 Å². The molecule has 0 aliphatic carbocycles. The van der Waals surface area contributed by atoms with Crippen molar-refractivity contribution in [3.8, 4) is 5.75 Å². The highest BCUT2D eigenvalue weighted by molar-refractivity contribution is 7.93. The molecule has 22 heavy (non-hydrogen) atoms. The fraction of sp³-hybridized carbons (Fsp3) is 0.214. The molecule has 0 saturated carbocycles. The van der Waals surface area contributed by atoms with Crippen LogP contribution in [0, 0.1) is 0 Å². The Morgan fingerprint density at radius 2 is 1.91 bits per heavy atom. The first-order valence-corrected chi connectivity index (χ1v) is 8.79. The second kappa shape index (κ2) is 6.37. The Morgan fingerprint density at radius 3 is 2.45 bits per heavy atom. The zero-order valence-electron chi connectivity index (χ0n) is 12.1. The van der Waals surface area contributed by atoms with E-state index in [-0.39, 0.29) is 9.77 Å². The molecule has 0 saturated heterocycles. The molecule has 2 aromatic rings. The fourth-order valence-corrected chi connectivity index (χ4v) is 4.34. The Morgan fingerprint density at radius 1 is 1.27 bits per heavy atom. The molecule has 0 unspecified atom stereocenters. The summed E-state index contributed by atoms with van der Waals surface area (Å²) in [5.74, 6) is -0.0981. The molecule has 0 bridgehead atoms. The van der Waals surface area contributed by atoms with Crippen LogP contribution in [0.1, 0.15) is 16.6 Å². The molecule has 1 heterocycles. The van der Waals surface area contributed by atoms with E-state index < -0.39 is 15.9 Å². The van der Waals surface area contributed by atoms with Crippen LogP contribution >= 0.6 is 11.3 Å². The van der Waals surface area contributed by atoms with Gasteiger partial charge in [-0.2, -0.15) is 0 Å². The third-order valence-corrected chi connectivity index (χ3v) is 5.89. The number of nitrogens with zero attached hydrogens (tertiary/aromatic N) is 1. The predicted octanol–water partition coefficient (Wildman–Crippen LogP) is 2.07. The number of carbonyl (C=O) groups is 1. The van der Waals surface area contributed by atoms with Gasteiger partial charge >= 0.3 is 0 Å². The lowest BCUT2D eigenvalue weighted by Gasteiger charge is -2.19. The van der Waals surface area contributed by atoms with Crippen LogP contribution in [-0.2, 0) is 10.0 Å². The van der Waals surface area contributed by atoms with Crippen molar-refractivity contribution in [1.29, 1.82) is 0 Å². The van der Waals surface area contributed by atoms with Gasteiger partial charge < -0.3 is 10.5 Å². The van der Waals surface area contributed by atoms with Gasteiger partial charge in [-0.05, 0) is 42.6 Å². The van der Waals surface area contributed by atoms with Crippen molar-refractivity contribution >= 4 is 33.0 Å². The largest absolute Gasteiger partial charge is 0.494 e. The molecule has 0 spiro atoms. The highest BCUT2D eigenvalue weighted by Gasteiger charge is 2.27. The molecular formula is C14H16N2O4S2. The minimum absolute atomic E-state index is 0.0257. The molecule has 0 atom stereocenters. The lowest BCUT2D eigenvalue weighted by Crippen LogP contribution is -2.28. The number of hydrogen-bond acceptors (Lipinski definition) is 5. The number of hydrogen-bond donors (Lipinski definition) is 1. The third kappa shape index (κ3) is 3.07. The van der Waals surface area contributed by atoms with E-state index in [0.29, 0.717) is 18.0 Å². The zero-order chi connectivity index (χ0) is 16.3. The molecule has 0 aliphatic rings. The zero-order valence-corrected chi connectivity index (χ0v) is 13.8. The first-order valence-electron chi connectivity index (χ1n) is 6.47. The van der Waals surface area contributed by atoms with Crippen LogP contribution in [0.2, 0.25) is 0 Å². The summed E-state index contributed by atoms with van der Waals surface area (Å²) in [5, 5.41) is 1.53. The highest BCUT2D eigenvalue weighted by atomic mass is 32.2. The Labute approximate surface area is 133 Å². The lowest BCUT2D eigenvalue weighted by molar-refractivity contribution is 0.100. The quantitative estimate of drug-likeness (QED) is 0.871. The fourth-order valence-electron chi connectivity index (χ4n) is 1.89. The predicted molar refractivity (Wildman–Crippen MR) is 86.0 cm³/mol. The van der Waals surface area contributed by atoms with E-state index in [1.807, 2.05) is 6.92 Å². The van der Waals surface area contributed by atoms with Crippen LogP contribution in [0.25, 0.3) is 0 Å². The molecule has 2 N–H and O–H groups in total. The number of nitrogens with two attached hydrogens (primary N) is 1. The second-order valence-electron chi connectivity index (χ2n) is 4.38. The normalized spacial score (nSPS) is 11.2. The van der Waals surface area contributed by atoms with E-state index in [9.17, 15) is 13.2 Å². The van der Waals surface area contributed by atoms with Crippen LogP contribution in [0.4, 0.5) is 5.69 Å². The minimum atomic E-state index is -3.85. The summed E-state index contributed by atoms with van der Waals surface area (Å²) in [7, 11) is -2.42. The number of thiophene rings is 1. The topological polar surface area (TPSA) is 89.7 Å². The van der Waals surface area contributed by atoms with Gasteiger partial charge in [0.15, 0.2) is 0 Å². The number of sulfonamides is 1. The third-order valence-electron chi connectivity index (χ3n) is 3.00. The highest BCUT2D eigenvalue weighted by Crippen LogP contribution is 2.28. The van der Waals surface area contributed by atoms with Gasteiger partial charge in [-0.1, -0.05) is 0 Å². The monoisotopic (exact) mass is 340 g/mol. The first-order chi connectivity index (χ1) is 10.4. The van der Waals surface area contributed by atoms with Crippen LogP contribution in [-0.4, -0.2) is 28.0 Å². The average molecular weight is 340 g/mol. The van der Waals surface area contributed by atoms with Crippen LogP contribution in [0.3, 0.4) is 0 Å². The van der Waals surface area contributed by atoms with E-state index in [1.54, 1.807) is 24.3 Å². The van der Waals surface area contributed by atoms with Gasteiger partial charge in [-0.15, -0.1) is 11.3 Å². The van der Waals surface area contributed by atoms with E-state index in [2.05, 4.69) is 0 Å². The van der Waals surface area contributed by atoms with Crippen molar-refractivity contribution in [2.24, 2.45) is 5.73 Å². The van der Waals surface area contributed by atoms with Gasteiger partial charge in [0.2, 0.25) is 0 Å². The van der Waals surface area contributed by atoms with Gasteiger partial charge in [0.1, 0.15) is 15.5 Å². The lowest BCUT2D eigenvalue weighted by atomic mass is 10.3. The number of primary amides is 1. The maximum atomic E-state index is 12.6. The Hall–Kier alpha value is -2.06. The van der Waals surface area contributed by atoms with Crippen molar-refractivity contribution in [3.05, 3.63) is 40.6 Å². The first kappa shape index (κ1) is 16.3. The summed E-state index contributed by atoms with van der Waals surface area (Å²) in [4.78, 5) is 11.3. The molecule has 0 aliphatic heterocycles. The molecule has 1 aromatic carbocycles. The van der Waals surface area contributed by atoms with Crippen LogP contribution < -0.4 is 14.8 Å². The molecule has 8 heteroatoms. The molecule has 0 radical (unpaired) electrons. The maximum absolute atomic E-state index is 12.6. The maximum Gasteiger partial charge on any atom is 0.265 e. The van der Waals surface area contributed by atoms with E-state index in [0.717, 1.165) is 15.6 Å². The molecule has 6 nitrogen and oxygen atoms in total. The van der Waals surface area contributed by atoms with Crippen molar-refractivity contribution in [3.63, 3.8) is 0 Å². The molecule has 0 fully saturated rings. The van der Waals surface area contributed by atoms with Crippen molar-refractivity contribution in [2.45, 2.75) is 11.8 Å². The molecule has 1 aromatic heterocycles. The molecular weight excluding hydrogens is 324 g/mol. The Balaban J connectivity index is 2.36. The van der Waals surface area contributed by atoms with Crippen molar-refractivity contribution < 1.29 is 17.9 Å². The van der Waals surface area contributed by atoms with Gasteiger partial charge in [-0.3, -0.25) is 9.10 Å². The number of benzene rings is 1. The minimum Gasteiger partial charge on any atom is -0.494 e. The molecule has 118 valence electrons. The van der Waals surface area contributed by atoms with E-state index >= 15 is 0 Å². The van der Waals surface area contributed by atoms with Crippen LogP contribution in [0.15, 0.2) is 40.6 Å². The number of rotatable bonds is 6. The standard InChI is InChI=1S/C14H16N2O4S2/c1-3-20-11-6-4-10(5-7-11)16(2)22(18,19)12-8-9-21-13(12)14(15)17/h4-9H,3H2,1-2H3,(H2,15,17).